The normalized spacial score (nSPS) is 15.6. The minimum atomic E-state index is -0.212. The molecule has 0 saturated heterocycles. The van der Waals surface area contributed by atoms with Gasteiger partial charge < -0.3 is 10.6 Å². The Labute approximate surface area is 148 Å². The maximum absolute atomic E-state index is 12.6. The molecule has 128 valence electrons. The van der Waals surface area contributed by atoms with Gasteiger partial charge in [0.25, 0.3) is 5.91 Å². The van der Waals surface area contributed by atoms with Gasteiger partial charge in [0.1, 0.15) is 0 Å². The minimum absolute atomic E-state index is 0.212. The van der Waals surface area contributed by atoms with Crippen LogP contribution in [0.25, 0.3) is 6.08 Å². The van der Waals surface area contributed by atoms with Crippen LogP contribution in [-0.2, 0) is 4.79 Å². The molecule has 2 aromatic rings. The molecule has 0 spiro atoms. The van der Waals surface area contributed by atoms with E-state index < -0.39 is 0 Å². The van der Waals surface area contributed by atoms with E-state index in [0.717, 1.165) is 24.3 Å². The van der Waals surface area contributed by atoms with Crippen LogP contribution in [0.3, 0.4) is 0 Å². The van der Waals surface area contributed by atoms with Crippen molar-refractivity contribution in [1.82, 2.24) is 0 Å². The number of rotatable bonds is 5. The molecule has 0 aliphatic carbocycles. The zero-order valence-electron chi connectivity index (χ0n) is 14.5. The third-order valence-electron chi connectivity index (χ3n) is 4.24. The van der Waals surface area contributed by atoms with Crippen LogP contribution in [0.2, 0.25) is 0 Å². The van der Waals surface area contributed by atoms with Crippen LogP contribution in [-0.4, -0.2) is 24.8 Å². The number of para-hydroxylation sites is 1. The third kappa shape index (κ3) is 3.40. The Kier molecular flexibility index (Phi) is 4.84. The van der Waals surface area contributed by atoms with E-state index in [9.17, 15) is 4.79 Å². The Hall–Kier alpha value is -3.08. The topological polar surface area (TPSA) is 61.9 Å². The van der Waals surface area contributed by atoms with Gasteiger partial charge in [0, 0.05) is 18.8 Å². The lowest BCUT2D eigenvalue weighted by molar-refractivity contribution is -0.114. The van der Waals surface area contributed by atoms with Crippen molar-refractivity contribution in [2.24, 2.45) is 10.8 Å². The van der Waals surface area contributed by atoms with Crippen molar-refractivity contribution in [1.29, 1.82) is 0 Å². The lowest BCUT2D eigenvalue weighted by Gasteiger charge is -2.20. The van der Waals surface area contributed by atoms with Crippen LogP contribution in [0, 0.1) is 0 Å². The van der Waals surface area contributed by atoms with Gasteiger partial charge in [-0.2, -0.15) is 5.01 Å². The number of amidine groups is 1. The number of carbonyl (C=O) groups excluding carboxylic acids is 1. The molecule has 0 atom stereocenters. The SMILES string of the molecule is CCN(CC)c1ccc(/C=C2\C(=O)N(c3ccccc3)N=C2N)cc1. The van der Waals surface area contributed by atoms with E-state index in [1.165, 1.54) is 5.01 Å². The minimum Gasteiger partial charge on any atom is -0.382 e. The molecule has 5 heteroatoms. The summed E-state index contributed by atoms with van der Waals surface area (Å²) in [4.78, 5) is 14.9. The summed E-state index contributed by atoms with van der Waals surface area (Å²) >= 11 is 0. The van der Waals surface area contributed by atoms with Crippen molar-refractivity contribution in [3.8, 4) is 0 Å². The second-order valence-corrected chi connectivity index (χ2v) is 5.76. The number of benzene rings is 2. The molecule has 3 rings (SSSR count). The van der Waals surface area contributed by atoms with Crippen LogP contribution >= 0.6 is 0 Å². The predicted molar refractivity (Wildman–Crippen MR) is 104 cm³/mol. The zero-order valence-corrected chi connectivity index (χ0v) is 14.5. The summed E-state index contributed by atoms with van der Waals surface area (Å²) in [6.45, 7) is 6.18. The summed E-state index contributed by atoms with van der Waals surface area (Å²) in [5.74, 6) is 0.0261. The van der Waals surface area contributed by atoms with Gasteiger partial charge in [-0.15, -0.1) is 5.10 Å². The number of nitrogens with two attached hydrogens (primary N) is 1. The highest BCUT2D eigenvalue weighted by Gasteiger charge is 2.29. The molecular weight excluding hydrogens is 312 g/mol. The third-order valence-corrected chi connectivity index (χ3v) is 4.24. The average molecular weight is 334 g/mol. The molecule has 1 aliphatic rings. The lowest BCUT2D eigenvalue weighted by Crippen LogP contribution is -2.22. The molecule has 0 fully saturated rings. The summed E-state index contributed by atoms with van der Waals surface area (Å²) in [6, 6.07) is 17.4. The Balaban J connectivity index is 1.84. The highest BCUT2D eigenvalue weighted by atomic mass is 16.2. The highest BCUT2D eigenvalue weighted by molar-refractivity contribution is 6.31. The second-order valence-electron chi connectivity index (χ2n) is 5.76. The van der Waals surface area contributed by atoms with Crippen LogP contribution in [0.15, 0.2) is 65.3 Å². The quantitative estimate of drug-likeness (QED) is 0.854. The fraction of sp³-hybridized carbons (Fsp3) is 0.200. The Morgan fingerprint density at radius 1 is 1.04 bits per heavy atom. The van der Waals surface area contributed by atoms with E-state index >= 15 is 0 Å². The predicted octanol–water partition coefficient (Wildman–Crippen LogP) is 3.24. The molecule has 0 unspecified atom stereocenters. The first-order valence-corrected chi connectivity index (χ1v) is 8.44. The summed E-state index contributed by atoms with van der Waals surface area (Å²) in [5.41, 5.74) is 9.19. The molecule has 1 aliphatic heterocycles. The largest absolute Gasteiger partial charge is 0.382 e. The number of carbonyl (C=O) groups is 1. The molecule has 0 bridgehead atoms. The molecule has 2 aromatic carbocycles. The molecule has 1 amide bonds. The summed E-state index contributed by atoms with van der Waals surface area (Å²) in [6.07, 6.45) is 1.79. The van der Waals surface area contributed by atoms with E-state index in [0.29, 0.717) is 11.3 Å². The number of amides is 1. The summed E-state index contributed by atoms with van der Waals surface area (Å²) < 4.78 is 0. The molecule has 25 heavy (non-hydrogen) atoms. The number of hydrogen-bond donors (Lipinski definition) is 1. The fourth-order valence-corrected chi connectivity index (χ4v) is 2.85. The van der Waals surface area contributed by atoms with Gasteiger partial charge in [-0.3, -0.25) is 4.79 Å². The first-order valence-electron chi connectivity index (χ1n) is 8.44. The summed E-state index contributed by atoms with van der Waals surface area (Å²) in [7, 11) is 0. The second kappa shape index (κ2) is 7.21. The van der Waals surface area contributed by atoms with E-state index in [1.54, 1.807) is 6.08 Å². The Bertz CT molecular complexity index is 805. The Morgan fingerprint density at radius 2 is 1.68 bits per heavy atom. The van der Waals surface area contributed by atoms with Crippen LogP contribution in [0.4, 0.5) is 11.4 Å². The number of anilines is 2. The van der Waals surface area contributed by atoms with E-state index in [2.05, 4.69) is 36.0 Å². The van der Waals surface area contributed by atoms with Crippen LogP contribution < -0.4 is 15.6 Å². The van der Waals surface area contributed by atoms with Crippen molar-refractivity contribution in [2.75, 3.05) is 23.0 Å². The molecule has 0 aromatic heterocycles. The zero-order chi connectivity index (χ0) is 17.8. The van der Waals surface area contributed by atoms with Crippen molar-refractivity contribution in [3.63, 3.8) is 0 Å². The lowest BCUT2D eigenvalue weighted by atomic mass is 10.1. The van der Waals surface area contributed by atoms with Gasteiger partial charge in [0.2, 0.25) is 0 Å². The van der Waals surface area contributed by atoms with Gasteiger partial charge in [-0.05, 0) is 49.8 Å². The van der Waals surface area contributed by atoms with Gasteiger partial charge in [0.05, 0.1) is 11.3 Å². The van der Waals surface area contributed by atoms with Gasteiger partial charge >= 0.3 is 0 Å². The molecule has 2 N–H and O–H groups in total. The van der Waals surface area contributed by atoms with Gasteiger partial charge in [-0.25, -0.2) is 0 Å². The van der Waals surface area contributed by atoms with E-state index in [1.807, 2.05) is 42.5 Å². The Morgan fingerprint density at radius 3 is 2.28 bits per heavy atom. The molecule has 0 radical (unpaired) electrons. The number of hydrogen-bond acceptors (Lipinski definition) is 4. The highest BCUT2D eigenvalue weighted by Crippen LogP contribution is 2.24. The van der Waals surface area contributed by atoms with Gasteiger partial charge in [0.15, 0.2) is 5.84 Å². The number of hydrazone groups is 1. The molecular formula is C20H22N4O. The van der Waals surface area contributed by atoms with Gasteiger partial charge in [-0.1, -0.05) is 30.3 Å². The van der Waals surface area contributed by atoms with Crippen molar-refractivity contribution < 1.29 is 4.79 Å². The summed E-state index contributed by atoms with van der Waals surface area (Å²) in [5, 5.41) is 5.53. The smallest absolute Gasteiger partial charge is 0.282 e. The van der Waals surface area contributed by atoms with Crippen LogP contribution in [0.1, 0.15) is 19.4 Å². The standard InChI is InChI=1S/C20H22N4O/c1-3-23(4-2)16-12-10-15(11-13-16)14-18-19(21)22-24(20(18)25)17-8-6-5-7-9-17/h5-14H,3-4H2,1-2H3,(H2,21,22)/b18-14-. The first kappa shape index (κ1) is 16.8. The monoisotopic (exact) mass is 334 g/mol. The van der Waals surface area contributed by atoms with Crippen molar-refractivity contribution in [2.45, 2.75) is 13.8 Å². The van der Waals surface area contributed by atoms with Crippen molar-refractivity contribution >= 4 is 29.2 Å². The number of nitrogens with zero attached hydrogens (tertiary/aromatic N) is 3. The molecule has 0 saturated carbocycles. The first-order chi connectivity index (χ1) is 12.1. The maximum atomic E-state index is 12.6. The van der Waals surface area contributed by atoms with Crippen LogP contribution in [0.5, 0.6) is 0 Å². The molecule has 5 nitrogen and oxygen atoms in total. The average Bonchev–Trinajstić information content (AvgIpc) is 2.93. The molecule has 1 heterocycles. The van der Waals surface area contributed by atoms with Crippen molar-refractivity contribution in [3.05, 3.63) is 65.7 Å². The maximum Gasteiger partial charge on any atom is 0.282 e. The van der Waals surface area contributed by atoms with E-state index in [-0.39, 0.29) is 11.7 Å². The van der Waals surface area contributed by atoms with E-state index in [4.69, 9.17) is 5.73 Å². The fourth-order valence-electron chi connectivity index (χ4n) is 2.85.